The fraction of sp³-hybridized carbons (Fsp3) is 0.400. The molecule has 1 aliphatic rings. The highest BCUT2D eigenvalue weighted by Crippen LogP contribution is 2.16. The number of nitrogens with two attached hydrogens (primary N) is 1. The predicted molar refractivity (Wildman–Crippen MR) is 107 cm³/mol. The number of aryl methyl sites for hydroxylation is 1. The Hall–Kier alpha value is -2.60. The Bertz CT molecular complexity index is 727. The number of rotatable bonds is 5. The summed E-state index contributed by atoms with van der Waals surface area (Å²) in [5, 5.41) is 3.12. The fourth-order valence-corrected chi connectivity index (χ4v) is 2.91. The molecule has 2 heterocycles. The Labute approximate surface area is 155 Å². The van der Waals surface area contributed by atoms with Gasteiger partial charge in [-0.1, -0.05) is 25.1 Å². The van der Waals surface area contributed by atoms with Crippen molar-refractivity contribution in [3.8, 4) is 0 Å². The van der Waals surface area contributed by atoms with Gasteiger partial charge < -0.3 is 20.7 Å². The Balaban J connectivity index is 1.55. The van der Waals surface area contributed by atoms with E-state index >= 15 is 0 Å². The van der Waals surface area contributed by atoms with Gasteiger partial charge in [-0.3, -0.25) is 0 Å². The fourth-order valence-electron chi connectivity index (χ4n) is 2.91. The number of morpholine rings is 1. The average molecular weight is 353 g/mol. The minimum Gasteiger partial charge on any atom is -0.375 e. The van der Waals surface area contributed by atoms with Crippen molar-refractivity contribution >= 4 is 17.5 Å². The van der Waals surface area contributed by atoms with Gasteiger partial charge in [-0.15, -0.1) is 0 Å². The van der Waals surface area contributed by atoms with Crippen LogP contribution in [0, 0.1) is 0 Å². The number of hydrogen-bond donors (Lipinski definition) is 2. The van der Waals surface area contributed by atoms with Crippen LogP contribution in [0.4, 0.5) is 11.5 Å². The van der Waals surface area contributed by atoms with Crippen molar-refractivity contribution in [3.05, 3.63) is 53.7 Å². The van der Waals surface area contributed by atoms with Gasteiger partial charge in [0.15, 0.2) is 5.96 Å². The maximum atomic E-state index is 5.98. The predicted octanol–water partition coefficient (Wildman–Crippen LogP) is 2.80. The smallest absolute Gasteiger partial charge is 0.193 e. The van der Waals surface area contributed by atoms with E-state index in [4.69, 9.17) is 10.5 Å². The number of aliphatic imine (C=N–C) groups is 1. The number of nitrogens with zero attached hydrogens (tertiary/aromatic N) is 3. The van der Waals surface area contributed by atoms with E-state index in [-0.39, 0.29) is 6.10 Å². The molecule has 0 radical (unpaired) electrons. The molecule has 26 heavy (non-hydrogen) atoms. The van der Waals surface area contributed by atoms with E-state index in [1.165, 1.54) is 5.56 Å². The van der Waals surface area contributed by atoms with Gasteiger partial charge in [-0.05, 0) is 42.7 Å². The third-order valence-corrected chi connectivity index (χ3v) is 4.44. The lowest BCUT2D eigenvalue weighted by atomic mass is 10.1. The van der Waals surface area contributed by atoms with Crippen LogP contribution in [0.3, 0.4) is 0 Å². The van der Waals surface area contributed by atoms with Crippen LogP contribution in [0.5, 0.6) is 0 Å². The molecule has 0 saturated carbocycles. The van der Waals surface area contributed by atoms with Crippen molar-refractivity contribution in [2.45, 2.75) is 32.9 Å². The number of hydrogen-bond acceptors (Lipinski definition) is 4. The molecule has 1 aliphatic heterocycles. The first kappa shape index (κ1) is 18.2. The van der Waals surface area contributed by atoms with Crippen LogP contribution in [0.25, 0.3) is 0 Å². The van der Waals surface area contributed by atoms with E-state index in [1.54, 1.807) is 0 Å². The van der Waals surface area contributed by atoms with E-state index in [1.807, 2.05) is 24.4 Å². The molecule has 2 aromatic rings. The molecule has 3 N–H and O–H groups in total. The van der Waals surface area contributed by atoms with Crippen molar-refractivity contribution in [2.24, 2.45) is 10.7 Å². The van der Waals surface area contributed by atoms with Crippen LogP contribution in [0.1, 0.15) is 25.0 Å². The Kier molecular flexibility index (Phi) is 6.07. The molecular formula is C20H27N5O. The standard InChI is InChI=1S/C20H27N5O/c1-3-16-4-7-18(8-5-16)24-20(21)23-13-17-6-9-19(22-12-17)25-10-11-26-15(2)14-25/h4-9,12,15H,3,10-11,13-14H2,1-2H3,(H3,21,23,24). The number of benzene rings is 1. The second-order valence-corrected chi connectivity index (χ2v) is 6.53. The second kappa shape index (κ2) is 8.67. The summed E-state index contributed by atoms with van der Waals surface area (Å²) in [6.45, 7) is 7.22. The Morgan fingerprint density at radius 2 is 2.04 bits per heavy atom. The number of guanidine groups is 1. The van der Waals surface area contributed by atoms with Gasteiger partial charge in [0.2, 0.25) is 0 Å². The molecule has 1 unspecified atom stereocenters. The van der Waals surface area contributed by atoms with Gasteiger partial charge >= 0.3 is 0 Å². The minimum absolute atomic E-state index is 0.243. The van der Waals surface area contributed by atoms with Crippen molar-refractivity contribution in [1.29, 1.82) is 0 Å². The molecule has 6 heteroatoms. The normalized spacial score (nSPS) is 18.0. The zero-order valence-corrected chi connectivity index (χ0v) is 15.5. The summed E-state index contributed by atoms with van der Waals surface area (Å²) in [6.07, 6.45) is 3.13. The van der Waals surface area contributed by atoms with Crippen LogP contribution in [0.2, 0.25) is 0 Å². The summed E-state index contributed by atoms with van der Waals surface area (Å²) >= 11 is 0. The van der Waals surface area contributed by atoms with E-state index in [9.17, 15) is 0 Å². The van der Waals surface area contributed by atoms with Gasteiger partial charge in [-0.25, -0.2) is 9.98 Å². The topological polar surface area (TPSA) is 75.8 Å². The molecule has 0 bridgehead atoms. The summed E-state index contributed by atoms with van der Waals surface area (Å²) in [5.74, 6) is 1.38. The van der Waals surface area contributed by atoms with Crippen molar-refractivity contribution < 1.29 is 4.74 Å². The largest absolute Gasteiger partial charge is 0.375 e. The average Bonchev–Trinajstić information content (AvgIpc) is 2.67. The summed E-state index contributed by atoms with van der Waals surface area (Å²) in [7, 11) is 0. The van der Waals surface area contributed by atoms with Crippen molar-refractivity contribution in [2.75, 3.05) is 29.9 Å². The maximum absolute atomic E-state index is 5.98. The lowest BCUT2D eigenvalue weighted by molar-refractivity contribution is 0.0529. The number of ether oxygens (including phenoxy) is 1. The molecule has 1 fully saturated rings. The molecule has 0 aliphatic carbocycles. The lowest BCUT2D eigenvalue weighted by Crippen LogP contribution is -2.41. The molecule has 1 saturated heterocycles. The quantitative estimate of drug-likeness (QED) is 0.638. The minimum atomic E-state index is 0.243. The molecule has 3 rings (SSSR count). The van der Waals surface area contributed by atoms with Crippen LogP contribution in [0.15, 0.2) is 47.6 Å². The van der Waals surface area contributed by atoms with Crippen LogP contribution >= 0.6 is 0 Å². The number of nitrogens with one attached hydrogen (secondary N) is 1. The summed E-state index contributed by atoms with van der Waals surface area (Å²) in [4.78, 5) is 11.2. The first-order chi connectivity index (χ1) is 12.6. The molecule has 1 aromatic heterocycles. The monoisotopic (exact) mass is 353 g/mol. The Morgan fingerprint density at radius 3 is 2.69 bits per heavy atom. The highest BCUT2D eigenvalue weighted by atomic mass is 16.5. The van der Waals surface area contributed by atoms with Gasteiger partial charge in [0.1, 0.15) is 5.82 Å². The lowest BCUT2D eigenvalue weighted by Gasteiger charge is -2.32. The third kappa shape index (κ3) is 4.95. The molecule has 1 atom stereocenters. The van der Waals surface area contributed by atoms with Crippen LogP contribution in [-0.2, 0) is 17.7 Å². The first-order valence-electron chi connectivity index (χ1n) is 9.11. The molecular weight excluding hydrogens is 326 g/mol. The highest BCUT2D eigenvalue weighted by Gasteiger charge is 2.17. The number of aromatic nitrogens is 1. The number of anilines is 2. The van der Waals surface area contributed by atoms with Gasteiger partial charge in [0, 0.05) is 25.0 Å². The summed E-state index contributed by atoms with van der Waals surface area (Å²) in [6, 6.07) is 12.3. The van der Waals surface area contributed by atoms with Gasteiger partial charge in [0.25, 0.3) is 0 Å². The van der Waals surface area contributed by atoms with Crippen LogP contribution in [-0.4, -0.2) is 36.7 Å². The highest BCUT2D eigenvalue weighted by molar-refractivity contribution is 5.92. The second-order valence-electron chi connectivity index (χ2n) is 6.53. The van der Waals surface area contributed by atoms with E-state index in [0.717, 1.165) is 43.2 Å². The Morgan fingerprint density at radius 1 is 1.27 bits per heavy atom. The first-order valence-corrected chi connectivity index (χ1v) is 9.11. The van der Waals surface area contributed by atoms with Crippen molar-refractivity contribution in [1.82, 2.24) is 4.98 Å². The summed E-state index contributed by atoms with van der Waals surface area (Å²) in [5.41, 5.74) is 9.25. The molecule has 0 spiro atoms. The maximum Gasteiger partial charge on any atom is 0.193 e. The van der Waals surface area contributed by atoms with Gasteiger partial charge in [0.05, 0.1) is 19.3 Å². The van der Waals surface area contributed by atoms with Gasteiger partial charge in [-0.2, -0.15) is 0 Å². The number of pyridine rings is 1. The molecule has 6 nitrogen and oxygen atoms in total. The van der Waals surface area contributed by atoms with E-state index in [2.05, 4.69) is 52.2 Å². The molecule has 138 valence electrons. The summed E-state index contributed by atoms with van der Waals surface area (Å²) < 4.78 is 5.57. The zero-order valence-electron chi connectivity index (χ0n) is 15.5. The van der Waals surface area contributed by atoms with Crippen molar-refractivity contribution in [3.63, 3.8) is 0 Å². The third-order valence-electron chi connectivity index (χ3n) is 4.44. The van der Waals surface area contributed by atoms with Crippen LogP contribution < -0.4 is 16.0 Å². The molecule has 1 aromatic carbocycles. The SMILES string of the molecule is CCc1ccc(NC(N)=NCc2ccc(N3CCOC(C)C3)nc2)cc1. The van der Waals surface area contributed by atoms with E-state index in [0.29, 0.717) is 12.5 Å². The zero-order chi connectivity index (χ0) is 18.4. The molecule has 0 amide bonds. The van der Waals surface area contributed by atoms with E-state index < -0.39 is 0 Å².